The van der Waals surface area contributed by atoms with Gasteiger partial charge in [-0.05, 0) is 35.0 Å². The molecule has 0 radical (unpaired) electrons. The largest absolute Gasteiger partial charge is 0.276 e. The van der Waals surface area contributed by atoms with Gasteiger partial charge in [0.15, 0.2) is 0 Å². The Morgan fingerprint density at radius 3 is 3.00 bits per heavy atom. The molecular weight excluding hydrogens is 253 g/mol. The maximum absolute atomic E-state index is 13.0. The first-order chi connectivity index (χ1) is 6.66. The lowest BCUT2D eigenvalue weighted by atomic mass is 10.2. The molecule has 0 heterocycles. The van der Waals surface area contributed by atoms with E-state index >= 15 is 0 Å². The summed E-state index contributed by atoms with van der Waals surface area (Å²) in [6.07, 6.45) is 0. The van der Waals surface area contributed by atoms with Crippen molar-refractivity contribution >= 4 is 21.8 Å². The number of nitrogens with one attached hydrogen (secondary N) is 1. The Bertz CT molecular complexity index is 344. The Morgan fingerprint density at radius 2 is 2.36 bits per heavy atom. The molecule has 0 bridgehead atoms. The fourth-order valence-corrected chi connectivity index (χ4v) is 1.32. The highest BCUT2D eigenvalue weighted by Gasteiger charge is 2.12. The molecular formula is C9H9BrFNO2. The molecule has 14 heavy (non-hydrogen) atoms. The van der Waals surface area contributed by atoms with Gasteiger partial charge in [0.1, 0.15) is 5.82 Å². The van der Waals surface area contributed by atoms with E-state index in [9.17, 15) is 9.18 Å². The average Bonchev–Trinajstić information content (AvgIpc) is 2.18. The maximum Gasteiger partial charge on any atom is 0.276 e. The highest BCUT2D eigenvalue weighted by Crippen LogP contribution is 2.19. The van der Waals surface area contributed by atoms with E-state index in [0.29, 0.717) is 6.61 Å². The summed E-state index contributed by atoms with van der Waals surface area (Å²) in [6, 6.07) is 4.23. The lowest BCUT2D eigenvalue weighted by Gasteiger charge is -2.05. The number of amides is 1. The van der Waals surface area contributed by atoms with Crippen LogP contribution in [-0.4, -0.2) is 12.5 Å². The lowest BCUT2D eigenvalue weighted by molar-refractivity contribution is 0.0363. The first-order valence-corrected chi connectivity index (χ1v) is 4.82. The zero-order chi connectivity index (χ0) is 10.6. The summed E-state index contributed by atoms with van der Waals surface area (Å²) in [5.41, 5.74) is 2.39. The van der Waals surface area contributed by atoms with E-state index in [1.807, 2.05) is 0 Å². The van der Waals surface area contributed by atoms with Crippen LogP contribution in [0.4, 0.5) is 4.39 Å². The van der Waals surface area contributed by atoms with Crippen LogP contribution in [0.25, 0.3) is 0 Å². The zero-order valence-corrected chi connectivity index (χ0v) is 9.10. The first-order valence-electron chi connectivity index (χ1n) is 4.03. The van der Waals surface area contributed by atoms with Crippen LogP contribution in [0.15, 0.2) is 22.7 Å². The standard InChI is InChI=1S/C9H9BrFNO2/c1-2-14-12-9(13)6-4-3-5-7(11)8(6)10/h3-5H,2H2,1H3,(H,12,13). The molecule has 0 spiro atoms. The van der Waals surface area contributed by atoms with Crippen LogP contribution in [0.3, 0.4) is 0 Å². The van der Waals surface area contributed by atoms with E-state index in [1.165, 1.54) is 18.2 Å². The molecule has 0 saturated heterocycles. The van der Waals surface area contributed by atoms with E-state index in [4.69, 9.17) is 4.84 Å². The molecule has 0 aromatic heterocycles. The first kappa shape index (κ1) is 11.1. The maximum atomic E-state index is 13.0. The number of hydroxylamine groups is 1. The fourth-order valence-electron chi connectivity index (χ4n) is 0.872. The Hall–Kier alpha value is -0.940. The molecule has 0 aliphatic heterocycles. The summed E-state index contributed by atoms with van der Waals surface area (Å²) in [6.45, 7) is 2.10. The van der Waals surface area contributed by atoms with Crippen molar-refractivity contribution < 1.29 is 14.0 Å². The minimum Gasteiger partial charge on any atom is -0.274 e. The van der Waals surface area contributed by atoms with Crippen molar-refractivity contribution in [2.45, 2.75) is 6.92 Å². The van der Waals surface area contributed by atoms with Crippen molar-refractivity contribution in [1.82, 2.24) is 5.48 Å². The third kappa shape index (κ3) is 2.52. The van der Waals surface area contributed by atoms with Gasteiger partial charge in [-0.2, -0.15) is 0 Å². The number of carbonyl (C=O) groups is 1. The number of hydrogen-bond donors (Lipinski definition) is 1. The van der Waals surface area contributed by atoms with Gasteiger partial charge in [-0.15, -0.1) is 0 Å². The van der Waals surface area contributed by atoms with Crippen molar-refractivity contribution in [2.75, 3.05) is 6.61 Å². The molecule has 1 aromatic carbocycles. The summed E-state index contributed by atoms with van der Waals surface area (Å²) < 4.78 is 13.1. The van der Waals surface area contributed by atoms with Gasteiger partial charge in [-0.3, -0.25) is 9.63 Å². The molecule has 5 heteroatoms. The molecule has 0 aliphatic carbocycles. The zero-order valence-electron chi connectivity index (χ0n) is 7.51. The van der Waals surface area contributed by atoms with Gasteiger partial charge in [0.2, 0.25) is 0 Å². The van der Waals surface area contributed by atoms with Crippen molar-refractivity contribution in [3.63, 3.8) is 0 Å². The second-order valence-electron chi connectivity index (χ2n) is 2.47. The lowest BCUT2D eigenvalue weighted by Crippen LogP contribution is -2.24. The van der Waals surface area contributed by atoms with Gasteiger partial charge in [0.05, 0.1) is 16.6 Å². The second-order valence-corrected chi connectivity index (χ2v) is 3.26. The van der Waals surface area contributed by atoms with Gasteiger partial charge in [-0.25, -0.2) is 9.87 Å². The van der Waals surface area contributed by atoms with Crippen molar-refractivity contribution in [3.8, 4) is 0 Å². The van der Waals surface area contributed by atoms with Crippen LogP contribution >= 0.6 is 15.9 Å². The van der Waals surface area contributed by atoms with Gasteiger partial charge < -0.3 is 0 Å². The molecule has 3 nitrogen and oxygen atoms in total. The summed E-state index contributed by atoms with van der Waals surface area (Å²) >= 11 is 2.98. The minimum absolute atomic E-state index is 0.136. The predicted molar refractivity (Wildman–Crippen MR) is 53.2 cm³/mol. The summed E-state index contributed by atoms with van der Waals surface area (Å²) in [7, 11) is 0. The van der Waals surface area contributed by atoms with Crippen molar-refractivity contribution in [1.29, 1.82) is 0 Å². The molecule has 1 amide bonds. The molecule has 0 saturated carbocycles. The molecule has 0 aliphatic rings. The summed E-state index contributed by atoms with van der Waals surface area (Å²) in [5, 5.41) is 0. The number of carbonyl (C=O) groups excluding carboxylic acids is 1. The second kappa shape index (κ2) is 5.07. The van der Waals surface area contributed by atoms with E-state index < -0.39 is 11.7 Å². The third-order valence-corrected chi connectivity index (χ3v) is 2.31. The normalized spacial score (nSPS) is 9.93. The minimum atomic E-state index is -0.478. The quantitative estimate of drug-likeness (QED) is 0.848. The van der Waals surface area contributed by atoms with Crippen LogP contribution in [0.5, 0.6) is 0 Å². The van der Waals surface area contributed by atoms with Crippen molar-refractivity contribution in [2.24, 2.45) is 0 Å². The molecule has 1 rings (SSSR count). The van der Waals surface area contributed by atoms with Gasteiger partial charge in [0, 0.05) is 0 Å². The van der Waals surface area contributed by atoms with Gasteiger partial charge in [-0.1, -0.05) is 6.07 Å². The van der Waals surface area contributed by atoms with E-state index in [2.05, 4.69) is 21.4 Å². The Morgan fingerprint density at radius 1 is 1.64 bits per heavy atom. The summed E-state index contributed by atoms with van der Waals surface area (Å²) in [4.78, 5) is 16.0. The van der Waals surface area contributed by atoms with Gasteiger partial charge in [0.25, 0.3) is 5.91 Å². The molecule has 0 atom stereocenters. The molecule has 0 unspecified atom stereocenters. The summed E-state index contributed by atoms with van der Waals surface area (Å²) in [5.74, 6) is -0.952. The number of benzene rings is 1. The highest BCUT2D eigenvalue weighted by atomic mass is 79.9. The monoisotopic (exact) mass is 261 g/mol. The molecule has 1 N–H and O–H groups in total. The predicted octanol–water partition coefficient (Wildman–Crippen LogP) is 2.27. The number of hydrogen-bond acceptors (Lipinski definition) is 2. The molecule has 76 valence electrons. The smallest absolute Gasteiger partial charge is 0.274 e. The average molecular weight is 262 g/mol. The van der Waals surface area contributed by atoms with E-state index in [-0.39, 0.29) is 10.0 Å². The van der Waals surface area contributed by atoms with Crippen LogP contribution in [0.2, 0.25) is 0 Å². The van der Waals surface area contributed by atoms with Crippen LogP contribution in [0.1, 0.15) is 17.3 Å². The Balaban J connectivity index is 2.84. The number of halogens is 2. The third-order valence-electron chi connectivity index (χ3n) is 1.51. The van der Waals surface area contributed by atoms with E-state index in [0.717, 1.165) is 0 Å². The van der Waals surface area contributed by atoms with Crippen LogP contribution in [0, 0.1) is 5.82 Å². The van der Waals surface area contributed by atoms with Crippen LogP contribution < -0.4 is 5.48 Å². The number of rotatable bonds is 3. The SMILES string of the molecule is CCONC(=O)c1cccc(F)c1Br. The van der Waals surface area contributed by atoms with E-state index in [1.54, 1.807) is 6.92 Å². The Kier molecular flexibility index (Phi) is 4.03. The van der Waals surface area contributed by atoms with Gasteiger partial charge >= 0.3 is 0 Å². The topological polar surface area (TPSA) is 38.3 Å². The van der Waals surface area contributed by atoms with Crippen LogP contribution in [-0.2, 0) is 4.84 Å². The van der Waals surface area contributed by atoms with Crippen molar-refractivity contribution in [3.05, 3.63) is 34.1 Å². The molecule has 1 aromatic rings. The Labute approximate surface area is 89.3 Å². The fraction of sp³-hybridized carbons (Fsp3) is 0.222. The molecule has 0 fully saturated rings. The highest BCUT2D eigenvalue weighted by molar-refractivity contribution is 9.10.